The molecule has 0 atom stereocenters. The molecule has 0 saturated carbocycles. The number of ether oxygens (including phenoxy) is 2. The number of carbonyl (C=O) groups is 2. The molecule has 0 aliphatic carbocycles. The van der Waals surface area contributed by atoms with Crippen molar-refractivity contribution in [1.29, 1.82) is 0 Å². The summed E-state index contributed by atoms with van der Waals surface area (Å²) in [4.78, 5) is 27.1. The molecule has 0 fully saturated rings. The fraction of sp³-hybridized carbons (Fsp3) is 0.208. The second kappa shape index (κ2) is 19.8. The van der Waals surface area contributed by atoms with Crippen molar-refractivity contribution < 1.29 is 36.4 Å². The number of esters is 2. The molecule has 6 aromatic rings. The summed E-state index contributed by atoms with van der Waals surface area (Å²) in [6.45, 7) is 16.7. The maximum Gasteiger partial charge on any atom is 0.345 e. The van der Waals surface area contributed by atoms with Crippen LogP contribution in [0, 0.1) is 17.5 Å². The highest BCUT2D eigenvalue weighted by Crippen LogP contribution is 2.37. The van der Waals surface area contributed by atoms with Gasteiger partial charge in [-0.15, -0.1) is 6.58 Å². The number of hydrogen-bond acceptors (Lipinski definition) is 5. The largest absolute Gasteiger partial charge is 0.465 e. The quantitative estimate of drug-likeness (QED) is 0.0324. The minimum Gasteiger partial charge on any atom is -0.465 e. The van der Waals surface area contributed by atoms with Gasteiger partial charge in [-0.3, -0.25) is 0 Å². The summed E-state index contributed by atoms with van der Waals surface area (Å²) >= 11 is 0. The third kappa shape index (κ3) is 10.9. The minimum atomic E-state index is -3.02. The summed E-state index contributed by atoms with van der Waals surface area (Å²) < 4.78 is 65.4. The lowest BCUT2D eigenvalue weighted by Gasteiger charge is -2.40. The van der Waals surface area contributed by atoms with Gasteiger partial charge in [-0.25, -0.2) is 28.7 Å². The molecule has 0 saturated heterocycles. The monoisotopic (exact) mass is 870 g/mol. The molecule has 0 radical (unpaired) electrons. The van der Waals surface area contributed by atoms with Crippen LogP contribution in [0.3, 0.4) is 0 Å². The van der Waals surface area contributed by atoms with Crippen molar-refractivity contribution in [1.82, 2.24) is 0 Å². The summed E-state index contributed by atoms with van der Waals surface area (Å²) in [7, 11) is -0.600. The van der Waals surface area contributed by atoms with Crippen LogP contribution in [0.2, 0.25) is 0 Å². The predicted octanol–water partition coefficient (Wildman–Crippen LogP) is 10.3. The molecule has 6 rings (SSSR count). The fourth-order valence-corrected chi connectivity index (χ4v) is 10.1. The molecule has 326 valence electrons. The number of rotatable bonds is 11. The zero-order valence-corrected chi connectivity index (χ0v) is 37.9. The minimum absolute atomic E-state index is 0.0776. The average molecular weight is 871 g/mol. The van der Waals surface area contributed by atoms with Crippen LogP contribution in [0.15, 0.2) is 180 Å². The Morgan fingerprint density at radius 1 is 0.556 bits per heavy atom. The first kappa shape index (κ1) is 47.8. The molecule has 0 N–H and O–H groups in total. The van der Waals surface area contributed by atoms with Crippen LogP contribution in [0.1, 0.15) is 58.2 Å². The molecule has 0 aliphatic heterocycles. The van der Waals surface area contributed by atoms with Gasteiger partial charge >= 0.3 is 11.9 Å². The number of benzene rings is 6. The standard InChI is InChI=1S/C33H39O5S.C20H15BF3/c1-32(2,3)24-14-18-26(19-15-24)39(36,27-20-16-25(17-21-27)33(4,5)6)22-28(23-12-10-9-11-13-23)29(30(34)37-7)31(35)38-8;1-2-21(15-3-9-18(22)10-4-15,16-5-11-19(23)12-6-16)17-7-13-20(24)14-8-17/h9-21H,22H2,1-8H3;2-14H,1H2/q+1;-1. The van der Waals surface area contributed by atoms with Gasteiger partial charge in [0.05, 0.1) is 20.4 Å². The van der Waals surface area contributed by atoms with Gasteiger partial charge in [0.15, 0.2) is 25.3 Å². The zero-order valence-electron chi connectivity index (χ0n) is 37.1. The van der Waals surface area contributed by atoms with Crippen molar-refractivity contribution in [2.45, 2.75) is 62.2 Å². The van der Waals surface area contributed by atoms with Gasteiger partial charge < -0.3 is 9.47 Å². The van der Waals surface area contributed by atoms with Crippen molar-refractivity contribution >= 4 is 50.0 Å². The number of methoxy groups -OCH3 is 2. The average Bonchev–Trinajstić information content (AvgIpc) is 3.28. The first-order valence-electron chi connectivity index (χ1n) is 20.5. The van der Waals surface area contributed by atoms with Crippen molar-refractivity contribution in [3.8, 4) is 0 Å². The van der Waals surface area contributed by atoms with Crippen LogP contribution in [0.25, 0.3) is 5.57 Å². The smallest absolute Gasteiger partial charge is 0.345 e. The Morgan fingerprint density at radius 3 is 1.17 bits per heavy atom. The van der Waals surface area contributed by atoms with Gasteiger partial charge in [0, 0.05) is 5.57 Å². The molecule has 0 unspecified atom stereocenters. The third-order valence-corrected chi connectivity index (χ3v) is 14.1. The topological polar surface area (TPSA) is 69.7 Å². The lowest BCUT2D eigenvalue weighted by Crippen LogP contribution is -2.65. The number of hydrogen-bond donors (Lipinski definition) is 0. The van der Waals surface area contributed by atoms with Gasteiger partial charge in [-0.2, -0.15) is 16.4 Å². The lowest BCUT2D eigenvalue weighted by atomic mass is 9.16. The normalized spacial score (nSPS) is 11.7. The Kier molecular flexibility index (Phi) is 15.1. The number of carbonyl (C=O) groups excluding carboxylic acids is 2. The molecule has 0 aromatic heterocycles. The molecule has 0 spiro atoms. The van der Waals surface area contributed by atoms with Crippen molar-refractivity contribution in [3.05, 3.63) is 204 Å². The third-order valence-electron chi connectivity index (χ3n) is 11.3. The molecule has 0 aliphatic rings. The van der Waals surface area contributed by atoms with Gasteiger partial charge in [0.1, 0.15) is 23.2 Å². The molecule has 5 nitrogen and oxygen atoms in total. The van der Waals surface area contributed by atoms with Crippen molar-refractivity contribution in [2.24, 2.45) is 0 Å². The summed E-state index contributed by atoms with van der Waals surface area (Å²) in [6, 6.07) is 42.9. The van der Waals surface area contributed by atoms with E-state index in [9.17, 15) is 22.8 Å². The molecule has 0 amide bonds. The van der Waals surface area contributed by atoms with E-state index in [0.29, 0.717) is 20.9 Å². The Hall–Kier alpha value is -6.26. The van der Waals surface area contributed by atoms with Crippen LogP contribution >= 0.6 is 0 Å². The lowest BCUT2D eigenvalue weighted by molar-refractivity contribution is -0.143. The van der Waals surface area contributed by atoms with E-state index in [4.69, 9.17) is 9.47 Å². The second-order valence-corrected chi connectivity index (χ2v) is 20.0. The summed E-state index contributed by atoms with van der Waals surface area (Å²) in [5.41, 5.74) is 5.17. The molecule has 10 heteroatoms. The molecular weight excluding hydrogens is 816 g/mol. The van der Waals surface area contributed by atoms with Crippen LogP contribution in [-0.4, -0.2) is 38.1 Å². The Labute approximate surface area is 371 Å². The molecule has 6 aromatic carbocycles. The maximum atomic E-state index is 15.3. The highest BCUT2D eigenvalue weighted by molar-refractivity contribution is 8.03. The summed E-state index contributed by atoms with van der Waals surface area (Å²) in [5.74, 6) is -1.03. The van der Waals surface area contributed by atoms with E-state index >= 15 is 4.21 Å². The van der Waals surface area contributed by atoms with E-state index in [0.717, 1.165) is 27.5 Å². The van der Waals surface area contributed by atoms with Crippen molar-refractivity contribution in [3.63, 3.8) is 0 Å². The maximum absolute atomic E-state index is 15.3. The van der Waals surface area contributed by atoms with Gasteiger partial charge in [0.2, 0.25) is 0 Å². The van der Waals surface area contributed by atoms with Crippen LogP contribution < -0.4 is 16.4 Å². The van der Waals surface area contributed by atoms with E-state index in [2.05, 4.69) is 48.1 Å². The van der Waals surface area contributed by atoms with Crippen LogP contribution in [0.4, 0.5) is 13.2 Å². The predicted molar refractivity (Wildman–Crippen MR) is 251 cm³/mol. The van der Waals surface area contributed by atoms with Gasteiger partial charge in [-0.1, -0.05) is 137 Å². The Bertz CT molecular complexity index is 2400. The number of halogens is 3. The molecule has 0 heterocycles. The van der Waals surface area contributed by atoms with E-state index in [1.165, 1.54) is 50.6 Å². The van der Waals surface area contributed by atoms with Crippen LogP contribution in [-0.2, 0) is 44.0 Å². The van der Waals surface area contributed by atoms with E-state index in [1.54, 1.807) is 66.6 Å². The zero-order chi connectivity index (χ0) is 46.2. The van der Waals surface area contributed by atoms with Gasteiger partial charge in [0.25, 0.3) is 0 Å². The first-order valence-corrected chi connectivity index (χ1v) is 22.3. The fourth-order valence-electron chi connectivity index (χ4n) is 7.61. The Morgan fingerprint density at radius 2 is 0.889 bits per heavy atom. The summed E-state index contributed by atoms with van der Waals surface area (Å²) in [5, 5.41) is 0. The molecular formula is C53H54BF3O5S. The SMILES string of the molecule is C=C[B-](c1ccc(F)cc1)(c1ccc(F)cc1)c1ccc(F)cc1.COC(=O)C(C(=O)OC)=C(C[S+](=O)(c1ccc(C(C)(C)C)cc1)c1ccc(C(C)(C)C)cc1)c1ccccc1. The first-order chi connectivity index (χ1) is 29.8. The molecule has 0 bridgehead atoms. The second-order valence-electron chi connectivity index (χ2n) is 17.4. The van der Waals surface area contributed by atoms with E-state index in [1.807, 2.05) is 54.6 Å². The summed E-state index contributed by atoms with van der Waals surface area (Å²) in [6.07, 6.45) is -1.68. The Balaban J connectivity index is 0.000000265. The van der Waals surface area contributed by atoms with E-state index in [-0.39, 0.29) is 39.6 Å². The van der Waals surface area contributed by atoms with Crippen LogP contribution in [0.5, 0.6) is 0 Å². The highest BCUT2D eigenvalue weighted by Gasteiger charge is 2.40. The highest BCUT2D eigenvalue weighted by atomic mass is 32.2. The van der Waals surface area contributed by atoms with Crippen molar-refractivity contribution in [2.75, 3.05) is 20.0 Å². The van der Waals surface area contributed by atoms with E-state index < -0.39 is 28.0 Å². The molecule has 63 heavy (non-hydrogen) atoms. The van der Waals surface area contributed by atoms with Gasteiger partial charge in [-0.05, 0) is 88.2 Å².